The largest absolute Gasteiger partial charge is 0.573 e. The van der Waals surface area contributed by atoms with Crippen molar-refractivity contribution in [1.29, 1.82) is 0 Å². The second-order valence-corrected chi connectivity index (χ2v) is 5.19. The van der Waals surface area contributed by atoms with Crippen LogP contribution in [-0.2, 0) is 0 Å². The van der Waals surface area contributed by atoms with Gasteiger partial charge in [-0.05, 0) is 31.2 Å². The summed E-state index contributed by atoms with van der Waals surface area (Å²) in [4.78, 5) is 15.5. The van der Waals surface area contributed by atoms with Crippen molar-refractivity contribution in [2.45, 2.75) is 13.3 Å². The number of aromatic nitrogens is 3. The molecule has 3 aromatic rings. The second kappa shape index (κ2) is 6.39. The van der Waals surface area contributed by atoms with E-state index in [2.05, 4.69) is 14.8 Å². The molecular weight excluding hydrogens is 335 g/mol. The van der Waals surface area contributed by atoms with E-state index in [-0.39, 0.29) is 11.5 Å². The Kier molecular flexibility index (Phi) is 4.26. The van der Waals surface area contributed by atoms with Gasteiger partial charge < -0.3 is 4.74 Å². The number of ether oxygens (including phenoxy) is 1. The summed E-state index contributed by atoms with van der Waals surface area (Å²) in [5, 5.41) is 4.29. The van der Waals surface area contributed by atoms with Gasteiger partial charge >= 0.3 is 6.36 Å². The van der Waals surface area contributed by atoms with E-state index in [1.54, 1.807) is 24.3 Å². The smallest absolute Gasteiger partial charge is 0.406 e. The number of rotatable bonds is 4. The maximum Gasteiger partial charge on any atom is 0.573 e. The van der Waals surface area contributed by atoms with Crippen LogP contribution in [0.2, 0.25) is 0 Å². The number of carbonyl (C=O) groups excluding carboxylic acids is 1. The molecule has 0 unspecified atom stereocenters. The van der Waals surface area contributed by atoms with Gasteiger partial charge in [0.1, 0.15) is 12.1 Å². The van der Waals surface area contributed by atoms with Crippen molar-refractivity contribution in [2.24, 2.45) is 0 Å². The van der Waals surface area contributed by atoms with E-state index in [0.717, 1.165) is 5.56 Å². The minimum absolute atomic E-state index is 0.0359. The summed E-state index contributed by atoms with van der Waals surface area (Å²) in [5.74, 6) is 0.0911. The van der Waals surface area contributed by atoms with Crippen LogP contribution in [0, 0.1) is 0 Å². The molecule has 0 aliphatic heterocycles. The Morgan fingerprint density at radius 1 is 1.04 bits per heavy atom. The third-order valence-corrected chi connectivity index (χ3v) is 3.38. The number of ketones is 1. The molecular formula is C17H12F3N3O2. The molecule has 2 aromatic carbocycles. The molecule has 0 fully saturated rings. The van der Waals surface area contributed by atoms with Crippen LogP contribution in [0.4, 0.5) is 13.2 Å². The molecule has 0 aliphatic carbocycles. The molecule has 128 valence electrons. The van der Waals surface area contributed by atoms with Gasteiger partial charge in [-0.3, -0.25) is 4.79 Å². The van der Waals surface area contributed by atoms with Gasteiger partial charge in [0.15, 0.2) is 11.6 Å². The summed E-state index contributed by atoms with van der Waals surface area (Å²) in [7, 11) is 0. The molecule has 1 aromatic heterocycles. The highest BCUT2D eigenvalue weighted by Crippen LogP contribution is 2.24. The van der Waals surface area contributed by atoms with E-state index in [1.165, 1.54) is 42.2 Å². The zero-order valence-corrected chi connectivity index (χ0v) is 13.0. The van der Waals surface area contributed by atoms with Gasteiger partial charge in [0.05, 0.1) is 5.69 Å². The van der Waals surface area contributed by atoms with Crippen molar-refractivity contribution in [3.63, 3.8) is 0 Å². The maximum atomic E-state index is 12.2. The Morgan fingerprint density at radius 3 is 2.24 bits per heavy atom. The van der Waals surface area contributed by atoms with Crippen molar-refractivity contribution in [3.05, 3.63) is 60.4 Å². The lowest BCUT2D eigenvalue weighted by Gasteiger charge is -2.09. The fraction of sp³-hybridized carbons (Fsp3) is 0.118. The molecule has 0 radical (unpaired) electrons. The Bertz CT molecular complexity index is 885. The molecule has 0 amide bonds. The highest BCUT2D eigenvalue weighted by molar-refractivity contribution is 5.94. The van der Waals surface area contributed by atoms with Crippen LogP contribution in [0.5, 0.6) is 5.75 Å². The van der Waals surface area contributed by atoms with Crippen molar-refractivity contribution in [2.75, 3.05) is 0 Å². The lowest BCUT2D eigenvalue weighted by atomic mass is 10.1. The topological polar surface area (TPSA) is 57.0 Å². The summed E-state index contributed by atoms with van der Waals surface area (Å²) in [6.07, 6.45) is -3.28. The van der Waals surface area contributed by atoms with Gasteiger partial charge in [-0.25, -0.2) is 9.67 Å². The van der Waals surface area contributed by atoms with Crippen molar-refractivity contribution >= 4 is 5.78 Å². The summed E-state index contributed by atoms with van der Waals surface area (Å²) in [6.45, 7) is 1.48. The first-order valence-electron chi connectivity index (χ1n) is 7.21. The molecule has 0 bridgehead atoms. The number of Topliss-reactive ketones (excluding diaryl/α,β-unsaturated/α-hetero) is 1. The summed E-state index contributed by atoms with van der Waals surface area (Å²) in [6, 6.07) is 12.1. The number of halogens is 3. The second-order valence-electron chi connectivity index (χ2n) is 5.19. The number of nitrogens with zero attached hydrogens (tertiary/aromatic N) is 3. The van der Waals surface area contributed by atoms with Crippen molar-refractivity contribution in [1.82, 2.24) is 14.8 Å². The molecule has 5 nitrogen and oxygen atoms in total. The average molecular weight is 347 g/mol. The van der Waals surface area contributed by atoms with Crippen LogP contribution in [0.15, 0.2) is 54.9 Å². The van der Waals surface area contributed by atoms with Gasteiger partial charge in [-0.2, -0.15) is 0 Å². The Morgan fingerprint density at radius 2 is 1.68 bits per heavy atom. The Balaban J connectivity index is 1.80. The molecule has 0 spiro atoms. The molecule has 0 saturated carbocycles. The van der Waals surface area contributed by atoms with E-state index in [1.807, 2.05) is 0 Å². The van der Waals surface area contributed by atoms with Crippen molar-refractivity contribution in [3.8, 4) is 22.8 Å². The molecule has 1 heterocycles. The summed E-state index contributed by atoms with van der Waals surface area (Å²) < 4.78 is 41.8. The molecule has 0 N–H and O–H groups in total. The normalized spacial score (nSPS) is 11.4. The zero-order chi connectivity index (χ0) is 18.0. The molecule has 0 saturated heterocycles. The number of hydrogen-bond donors (Lipinski definition) is 0. The van der Waals surface area contributed by atoms with Crippen LogP contribution in [-0.4, -0.2) is 26.9 Å². The van der Waals surface area contributed by atoms with E-state index in [0.29, 0.717) is 17.1 Å². The van der Waals surface area contributed by atoms with Gasteiger partial charge in [0.2, 0.25) is 0 Å². The van der Waals surface area contributed by atoms with Crippen LogP contribution in [0.25, 0.3) is 17.1 Å². The van der Waals surface area contributed by atoms with E-state index in [4.69, 9.17) is 0 Å². The van der Waals surface area contributed by atoms with Crippen LogP contribution < -0.4 is 4.74 Å². The third kappa shape index (κ3) is 4.03. The third-order valence-electron chi connectivity index (χ3n) is 3.38. The number of benzene rings is 2. The summed E-state index contributed by atoms with van der Waals surface area (Å²) in [5.41, 5.74) is 1.85. The lowest BCUT2D eigenvalue weighted by Crippen LogP contribution is -2.17. The molecule has 3 rings (SSSR count). The fourth-order valence-electron chi connectivity index (χ4n) is 2.17. The molecule has 0 aliphatic rings. The lowest BCUT2D eigenvalue weighted by molar-refractivity contribution is -0.274. The maximum absolute atomic E-state index is 12.2. The molecule has 25 heavy (non-hydrogen) atoms. The minimum atomic E-state index is -4.73. The van der Waals surface area contributed by atoms with E-state index < -0.39 is 6.36 Å². The Labute approximate surface area is 140 Å². The van der Waals surface area contributed by atoms with Gasteiger partial charge in [0.25, 0.3) is 0 Å². The van der Waals surface area contributed by atoms with Crippen LogP contribution >= 0.6 is 0 Å². The highest BCUT2D eigenvalue weighted by Gasteiger charge is 2.30. The minimum Gasteiger partial charge on any atom is -0.406 e. The summed E-state index contributed by atoms with van der Waals surface area (Å²) >= 11 is 0. The van der Waals surface area contributed by atoms with Crippen LogP contribution in [0.1, 0.15) is 17.3 Å². The predicted molar refractivity (Wildman–Crippen MR) is 83.5 cm³/mol. The van der Waals surface area contributed by atoms with E-state index >= 15 is 0 Å². The Hall–Kier alpha value is -3.16. The molecule has 0 atom stereocenters. The zero-order valence-electron chi connectivity index (χ0n) is 13.0. The SMILES string of the molecule is CC(=O)c1ccc(-c2ncn(-c3ccc(OC(F)(F)F)cc3)n2)cc1. The highest BCUT2D eigenvalue weighted by atomic mass is 19.4. The van der Waals surface area contributed by atoms with E-state index in [9.17, 15) is 18.0 Å². The average Bonchev–Trinajstić information content (AvgIpc) is 3.04. The van der Waals surface area contributed by atoms with Gasteiger partial charge in [-0.1, -0.05) is 24.3 Å². The van der Waals surface area contributed by atoms with Gasteiger partial charge in [0, 0.05) is 11.1 Å². The molecule has 8 heteroatoms. The quantitative estimate of drug-likeness (QED) is 0.669. The first-order valence-corrected chi connectivity index (χ1v) is 7.21. The first-order chi connectivity index (χ1) is 11.8. The standard InChI is InChI=1S/C17H12F3N3O2/c1-11(24)12-2-4-13(5-3-12)16-21-10-23(22-16)14-6-8-15(9-7-14)25-17(18,19)20/h2-10H,1H3. The predicted octanol–water partition coefficient (Wildman–Crippen LogP) is 4.04. The number of alkyl halides is 3. The van der Waals surface area contributed by atoms with Gasteiger partial charge in [-0.15, -0.1) is 18.3 Å². The fourth-order valence-corrected chi connectivity index (χ4v) is 2.17. The number of hydrogen-bond acceptors (Lipinski definition) is 4. The number of carbonyl (C=O) groups is 1. The first kappa shape index (κ1) is 16.7. The van der Waals surface area contributed by atoms with Crippen molar-refractivity contribution < 1.29 is 22.7 Å². The van der Waals surface area contributed by atoms with Crippen LogP contribution in [0.3, 0.4) is 0 Å². The monoisotopic (exact) mass is 347 g/mol.